The third kappa shape index (κ3) is 4.88. The van der Waals surface area contributed by atoms with Crippen LogP contribution in [-0.4, -0.2) is 11.2 Å². The van der Waals surface area contributed by atoms with Crippen molar-refractivity contribution < 1.29 is 41.8 Å². The Labute approximate surface area is 173 Å². The van der Waals surface area contributed by atoms with Crippen molar-refractivity contribution in [1.82, 2.24) is 4.57 Å². The van der Waals surface area contributed by atoms with Crippen LogP contribution in [-0.2, 0) is 39.3 Å². The fraction of sp³-hybridized carbons (Fsp3) is 0.235. The molecule has 0 aliphatic rings. The van der Waals surface area contributed by atoms with E-state index < -0.39 is 5.82 Å². The first-order chi connectivity index (χ1) is 10.6. The summed E-state index contributed by atoms with van der Waals surface area (Å²) in [7, 11) is 0. The summed E-state index contributed by atoms with van der Waals surface area (Å²) < 4.78 is 21.7. The van der Waals surface area contributed by atoms with Gasteiger partial charge in [-0.3, -0.25) is 4.79 Å². The minimum absolute atomic E-state index is 0. The molecule has 1 aromatic carbocycles. The minimum Gasteiger partial charge on any atom is -0.481 e. The van der Waals surface area contributed by atoms with Gasteiger partial charge in [-0.05, 0) is 23.5 Å². The van der Waals surface area contributed by atoms with Crippen LogP contribution < -0.4 is 10.3 Å². The second-order valence-corrected chi connectivity index (χ2v) is 5.55. The second-order valence-electron chi connectivity index (χ2n) is 4.39. The molecular weight excluding hydrogens is 485 g/mol. The number of hydrogen-bond donors (Lipinski definition) is 0. The molecule has 0 fully saturated rings. The molecule has 0 atom stereocenters. The number of nitrogens with zero attached hydrogens (tertiary/aromatic N) is 1. The van der Waals surface area contributed by atoms with Crippen molar-refractivity contribution in [3.05, 3.63) is 50.1 Å². The summed E-state index contributed by atoms with van der Waals surface area (Å²) in [6.07, 6.45) is 0. The van der Waals surface area contributed by atoms with Crippen LogP contribution in [0, 0.1) is 27.3 Å². The van der Waals surface area contributed by atoms with E-state index in [0.29, 0.717) is 27.1 Å². The Hall–Kier alpha value is -0.706. The van der Waals surface area contributed by atoms with E-state index in [2.05, 4.69) is 17.9 Å². The van der Waals surface area contributed by atoms with E-state index in [0.717, 1.165) is 0 Å². The Balaban J connectivity index is 0.00000264. The van der Waals surface area contributed by atoms with Crippen molar-refractivity contribution in [3.8, 4) is 28.8 Å². The molecule has 0 amide bonds. The molecule has 2 aromatic rings. The summed E-state index contributed by atoms with van der Waals surface area (Å²) in [4.78, 5) is 12.1. The van der Waals surface area contributed by atoms with Gasteiger partial charge in [0.2, 0.25) is 5.56 Å². The third-order valence-corrected chi connectivity index (χ3v) is 3.83. The van der Waals surface area contributed by atoms with Crippen LogP contribution in [0.25, 0.3) is 11.3 Å². The predicted molar refractivity (Wildman–Crippen MR) is 92.3 cm³/mol. The monoisotopic (exact) mass is 499 g/mol. The van der Waals surface area contributed by atoms with Gasteiger partial charge in [0.15, 0.2) is 0 Å². The fourth-order valence-electron chi connectivity index (χ4n) is 2.00. The van der Waals surface area contributed by atoms with Crippen molar-refractivity contribution in [2.75, 3.05) is 6.61 Å². The summed E-state index contributed by atoms with van der Waals surface area (Å²) in [5.41, 5.74) is 0.615. The number of hydrogen-bond acceptors (Lipinski definition) is 2. The van der Waals surface area contributed by atoms with Gasteiger partial charge in [-0.15, -0.1) is 34.6 Å². The quantitative estimate of drug-likeness (QED) is 0.367. The summed E-state index contributed by atoms with van der Waals surface area (Å²) in [5, 5.41) is 0. The summed E-state index contributed by atoms with van der Waals surface area (Å²) in [6.45, 7) is 4.22. The summed E-state index contributed by atoms with van der Waals surface area (Å²) >= 11 is 1.95. The van der Waals surface area contributed by atoms with E-state index in [1.165, 1.54) is 10.6 Å². The van der Waals surface area contributed by atoms with Gasteiger partial charge in [-0.25, -0.2) is 4.39 Å². The Kier molecular flexibility index (Phi) is 8.45. The summed E-state index contributed by atoms with van der Waals surface area (Å²) in [6, 6.07) is 9.10. The Morgan fingerprint density at radius 3 is 2.78 bits per heavy atom. The number of aromatic nitrogens is 1. The van der Waals surface area contributed by atoms with Crippen molar-refractivity contribution >= 4 is 22.6 Å². The van der Waals surface area contributed by atoms with Crippen molar-refractivity contribution in [2.24, 2.45) is 0 Å². The molecule has 0 aliphatic heterocycles. The maximum absolute atomic E-state index is 14.3. The van der Waals surface area contributed by atoms with E-state index in [1.807, 2.05) is 29.5 Å². The van der Waals surface area contributed by atoms with Crippen LogP contribution in [0.3, 0.4) is 0 Å². The van der Waals surface area contributed by atoms with Crippen LogP contribution in [0.15, 0.2) is 29.1 Å². The molecule has 0 aliphatic carbocycles. The van der Waals surface area contributed by atoms with Gasteiger partial charge >= 0.3 is 0 Å². The third-order valence-electron chi connectivity index (χ3n) is 3.05. The van der Waals surface area contributed by atoms with Crippen molar-refractivity contribution in [3.63, 3.8) is 0 Å². The Bertz CT molecular complexity index is 808. The molecule has 0 spiro atoms. The smallest absolute Gasteiger partial charge is 0.207 e. The zero-order chi connectivity index (χ0) is 16.1. The number of rotatable bonds is 4. The van der Waals surface area contributed by atoms with E-state index >= 15 is 0 Å². The first-order valence-corrected chi connectivity index (χ1v) is 7.79. The maximum Gasteiger partial charge on any atom is 0.207 e. The molecule has 2 rings (SSSR count). The maximum atomic E-state index is 14.3. The molecule has 117 valence electrons. The molecule has 0 unspecified atom stereocenters. The molecule has 0 saturated carbocycles. The number of benzene rings is 1. The van der Waals surface area contributed by atoms with Gasteiger partial charge in [0.1, 0.15) is 12.4 Å². The minimum atomic E-state index is -0.457. The molecule has 0 bridgehead atoms. The van der Waals surface area contributed by atoms with Crippen LogP contribution in [0.1, 0.15) is 13.8 Å². The van der Waals surface area contributed by atoms with Crippen LogP contribution >= 0.6 is 22.6 Å². The van der Waals surface area contributed by atoms with E-state index in [-0.39, 0.29) is 44.9 Å². The average Bonchev–Trinajstić information content (AvgIpc) is 2.51. The molecule has 1 aromatic heterocycles. The van der Waals surface area contributed by atoms with E-state index in [9.17, 15) is 9.18 Å². The number of halogens is 2. The Morgan fingerprint density at radius 1 is 1.43 bits per heavy atom. The topological polar surface area (TPSA) is 31.2 Å². The fourth-order valence-corrected chi connectivity index (χ4v) is 2.44. The number of pyridine rings is 1. The summed E-state index contributed by atoms with van der Waals surface area (Å²) in [5.74, 6) is 5.40. The zero-order valence-electron chi connectivity index (χ0n) is 12.8. The van der Waals surface area contributed by atoms with Crippen molar-refractivity contribution in [1.29, 1.82) is 0 Å². The van der Waals surface area contributed by atoms with Gasteiger partial charge < -0.3 is 9.30 Å². The molecule has 0 N–H and O–H groups in total. The number of ether oxygens (including phenoxy) is 1. The van der Waals surface area contributed by atoms with Gasteiger partial charge in [-0.2, -0.15) is 12.1 Å². The molecule has 6 heteroatoms. The second kappa shape index (κ2) is 9.56. The van der Waals surface area contributed by atoms with Gasteiger partial charge in [-0.1, -0.05) is 17.2 Å². The standard InChI is InChI=1S/C17H14FINO2.Y/c1-3-5-10-22-12-6-7-13(14(18)11-12)16-9-8-15(19)17(21)20(16)4-2;/h6-8,11H,4,10H2,1-2H3;/q-1;. The molecule has 1 radical (unpaired) electrons. The first kappa shape index (κ1) is 20.3. The Morgan fingerprint density at radius 2 is 2.17 bits per heavy atom. The molecule has 23 heavy (non-hydrogen) atoms. The van der Waals surface area contributed by atoms with Gasteiger partial charge in [0.25, 0.3) is 0 Å². The van der Waals surface area contributed by atoms with Gasteiger partial charge in [0, 0.05) is 45.3 Å². The van der Waals surface area contributed by atoms with Crippen molar-refractivity contribution in [2.45, 2.75) is 20.4 Å². The average molecular weight is 499 g/mol. The van der Waals surface area contributed by atoms with Crippen LogP contribution in [0.2, 0.25) is 0 Å². The molecule has 3 nitrogen and oxygen atoms in total. The predicted octanol–water partition coefficient (Wildman–Crippen LogP) is 3.48. The van der Waals surface area contributed by atoms with E-state index in [1.54, 1.807) is 25.1 Å². The largest absolute Gasteiger partial charge is 0.481 e. The molecular formula is C17H14FINO2Y-. The van der Waals surface area contributed by atoms with E-state index in [4.69, 9.17) is 4.74 Å². The molecule has 0 saturated heterocycles. The van der Waals surface area contributed by atoms with Gasteiger partial charge in [0.05, 0.1) is 5.82 Å². The zero-order valence-corrected chi connectivity index (χ0v) is 17.8. The van der Waals surface area contributed by atoms with Crippen LogP contribution in [0.5, 0.6) is 5.75 Å². The normalized spacial score (nSPS) is 9.57. The SMILES string of the molecule is CC#CCOc1ccc(-c2[c-]cc(I)c(=O)n2CC)c(F)c1.[Y]. The van der Waals surface area contributed by atoms with Crippen LogP contribution in [0.4, 0.5) is 4.39 Å². The first-order valence-electron chi connectivity index (χ1n) is 6.71. The molecule has 1 heterocycles.